The highest BCUT2D eigenvalue weighted by molar-refractivity contribution is 8.04. The monoisotopic (exact) mass is 306 g/mol. The second-order valence-corrected chi connectivity index (χ2v) is 6.05. The van der Waals surface area contributed by atoms with Crippen molar-refractivity contribution in [2.24, 2.45) is 0 Å². The molecule has 0 atom stereocenters. The van der Waals surface area contributed by atoms with Gasteiger partial charge >= 0.3 is 5.63 Å². The summed E-state index contributed by atoms with van der Waals surface area (Å²) in [6, 6.07) is 16.5. The van der Waals surface area contributed by atoms with Crippen LogP contribution in [-0.2, 0) is 0 Å². The smallest absolute Gasteiger partial charge is 0.343 e. The molecule has 0 saturated carbocycles. The zero-order valence-electron chi connectivity index (χ0n) is 11.4. The summed E-state index contributed by atoms with van der Waals surface area (Å²) >= 11 is 1.38. The highest BCUT2D eigenvalue weighted by Crippen LogP contribution is 2.40. The van der Waals surface area contributed by atoms with Crippen molar-refractivity contribution in [3.63, 3.8) is 0 Å². The maximum atomic E-state index is 12.4. The Morgan fingerprint density at radius 1 is 0.955 bits per heavy atom. The van der Waals surface area contributed by atoms with Gasteiger partial charge in [0.2, 0.25) is 5.78 Å². The maximum absolute atomic E-state index is 12.4. The van der Waals surface area contributed by atoms with Crippen molar-refractivity contribution in [2.45, 2.75) is 4.90 Å². The molecule has 0 saturated heterocycles. The molecule has 0 unspecified atom stereocenters. The molecule has 1 aliphatic rings. The van der Waals surface area contributed by atoms with Gasteiger partial charge in [0, 0.05) is 15.8 Å². The maximum Gasteiger partial charge on any atom is 0.343 e. The summed E-state index contributed by atoms with van der Waals surface area (Å²) in [6.07, 6.45) is 1.62. The standard InChI is InChI=1S/C18H10O3S/c19-17-13-6-2-4-8-15(13)22-16(17)10-12-9-11-5-1-3-7-14(11)21-18(12)20/h1-10H/b16-10-. The lowest BCUT2D eigenvalue weighted by molar-refractivity contribution is 0.104. The highest BCUT2D eigenvalue weighted by atomic mass is 32.2. The van der Waals surface area contributed by atoms with Crippen molar-refractivity contribution in [1.29, 1.82) is 0 Å². The number of carbonyl (C=O) groups excluding carboxylic acids is 1. The van der Waals surface area contributed by atoms with E-state index in [9.17, 15) is 9.59 Å². The van der Waals surface area contributed by atoms with Crippen molar-refractivity contribution >= 4 is 34.6 Å². The van der Waals surface area contributed by atoms with Gasteiger partial charge in [0.25, 0.3) is 0 Å². The molecule has 0 N–H and O–H groups in total. The third-order valence-electron chi connectivity index (χ3n) is 3.53. The normalized spacial score (nSPS) is 15.5. The number of carbonyl (C=O) groups is 1. The van der Waals surface area contributed by atoms with Crippen molar-refractivity contribution in [3.05, 3.63) is 81.0 Å². The number of hydrogen-bond acceptors (Lipinski definition) is 4. The van der Waals surface area contributed by atoms with Gasteiger partial charge in [-0.05, 0) is 30.3 Å². The Hall–Kier alpha value is -2.59. The first-order valence-corrected chi connectivity index (χ1v) is 7.60. The van der Waals surface area contributed by atoms with Crippen LogP contribution in [0.4, 0.5) is 0 Å². The SMILES string of the molecule is O=C1/C(=C/c2cc3ccccc3oc2=O)Sc2ccccc21. The lowest BCUT2D eigenvalue weighted by Gasteiger charge is -1.99. The number of Topliss-reactive ketones (excluding diaryl/α,β-unsaturated/α-hetero) is 1. The van der Waals surface area contributed by atoms with Crippen LogP contribution < -0.4 is 5.63 Å². The van der Waals surface area contributed by atoms with Crippen LogP contribution >= 0.6 is 11.8 Å². The highest BCUT2D eigenvalue weighted by Gasteiger charge is 2.25. The van der Waals surface area contributed by atoms with Gasteiger partial charge in [0.05, 0.1) is 10.5 Å². The van der Waals surface area contributed by atoms with E-state index in [0.717, 1.165) is 10.3 Å². The largest absolute Gasteiger partial charge is 0.422 e. The third-order valence-corrected chi connectivity index (χ3v) is 4.63. The summed E-state index contributed by atoms with van der Waals surface area (Å²) in [6.45, 7) is 0. The molecule has 0 radical (unpaired) electrons. The fraction of sp³-hybridized carbons (Fsp3) is 0. The Morgan fingerprint density at radius 2 is 1.73 bits per heavy atom. The van der Waals surface area contributed by atoms with Gasteiger partial charge in [-0.2, -0.15) is 0 Å². The minimum Gasteiger partial charge on any atom is -0.422 e. The summed E-state index contributed by atoms with van der Waals surface area (Å²) < 4.78 is 5.29. The summed E-state index contributed by atoms with van der Waals surface area (Å²) in [4.78, 5) is 25.9. The van der Waals surface area contributed by atoms with E-state index in [2.05, 4.69) is 0 Å². The van der Waals surface area contributed by atoms with Crippen LogP contribution in [-0.4, -0.2) is 5.78 Å². The van der Waals surface area contributed by atoms with E-state index in [1.54, 1.807) is 24.3 Å². The zero-order chi connectivity index (χ0) is 15.1. The second-order valence-electron chi connectivity index (χ2n) is 4.96. The minimum absolute atomic E-state index is 0.0480. The Bertz CT molecular complexity index is 998. The van der Waals surface area contributed by atoms with Crippen LogP contribution in [0.3, 0.4) is 0 Å². The molecule has 0 spiro atoms. The van der Waals surface area contributed by atoms with E-state index in [1.165, 1.54) is 11.8 Å². The number of ketones is 1. The van der Waals surface area contributed by atoms with Gasteiger partial charge in [0.15, 0.2) is 0 Å². The van der Waals surface area contributed by atoms with E-state index in [0.29, 0.717) is 21.6 Å². The Balaban J connectivity index is 1.83. The van der Waals surface area contributed by atoms with E-state index >= 15 is 0 Å². The molecule has 3 aromatic rings. The first-order valence-electron chi connectivity index (χ1n) is 6.78. The summed E-state index contributed by atoms with van der Waals surface area (Å²) in [7, 11) is 0. The van der Waals surface area contributed by atoms with Gasteiger partial charge in [-0.25, -0.2) is 4.79 Å². The molecule has 2 aromatic carbocycles. The van der Waals surface area contributed by atoms with E-state index in [4.69, 9.17) is 4.42 Å². The second kappa shape index (κ2) is 5.00. The fourth-order valence-corrected chi connectivity index (χ4v) is 3.50. The lowest BCUT2D eigenvalue weighted by Crippen LogP contribution is -2.04. The van der Waals surface area contributed by atoms with Crippen LogP contribution in [0.2, 0.25) is 0 Å². The Kier molecular flexibility index (Phi) is 2.98. The predicted molar refractivity (Wildman–Crippen MR) is 87.1 cm³/mol. The minimum atomic E-state index is -0.435. The Morgan fingerprint density at radius 3 is 2.59 bits per heavy atom. The molecule has 0 fully saturated rings. The van der Waals surface area contributed by atoms with Gasteiger partial charge in [-0.3, -0.25) is 4.79 Å². The van der Waals surface area contributed by atoms with Gasteiger partial charge in [-0.1, -0.05) is 42.1 Å². The molecule has 4 rings (SSSR count). The number of rotatable bonds is 1. The van der Waals surface area contributed by atoms with Gasteiger partial charge in [0.1, 0.15) is 5.58 Å². The van der Waals surface area contributed by atoms with Crippen LogP contribution in [0.1, 0.15) is 15.9 Å². The van der Waals surface area contributed by atoms with Gasteiger partial charge < -0.3 is 4.42 Å². The van der Waals surface area contributed by atoms with E-state index < -0.39 is 5.63 Å². The number of para-hydroxylation sites is 1. The molecule has 22 heavy (non-hydrogen) atoms. The predicted octanol–water partition coefficient (Wildman–Crippen LogP) is 4.12. The zero-order valence-corrected chi connectivity index (χ0v) is 12.2. The van der Waals surface area contributed by atoms with Crippen molar-refractivity contribution < 1.29 is 9.21 Å². The molecule has 4 heteroatoms. The molecular weight excluding hydrogens is 296 g/mol. The van der Waals surface area contributed by atoms with Crippen LogP contribution in [0.15, 0.2) is 73.6 Å². The Labute approximate surface area is 130 Å². The van der Waals surface area contributed by atoms with Crippen molar-refractivity contribution in [1.82, 2.24) is 0 Å². The fourth-order valence-electron chi connectivity index (χ4n) is 2.46. The number of hydrogen-bond donors (Lipinski definition) is 0. The first kappa shape index (κ1) is 13.1. The number of fused-ring (bicyclic) bond motifs is 2. The molecular formula is C18H10O3S. The van der Waals surface area contributed by atoms with Crippen LogP contribution in [0, 0.1) is 0 Å². The molecule has 1 aliphatic heterocycles. The third kappa shape index (κ3) is 2.09. The summed E-state index contributed by atoms with van der Waals surface area (Å²) in [5, 5.41) is 0.835. The summed E-state index contributed by atoms with van der Waals surface area (Å²) in [5.74, 6) is -0.0480. The summed E-state index contributed by atoms with van der Waals surface area (Å²) in [5.41, 5.74) is 1.19. The van der Waals surface area contributed by atoms with Gasteiger partial charge in [-0.15, -0.1) is 0 Å². The van der Waals surface area contributed by atoms with E-state index in [1.807, 2.05) is 36.4 Å². The number of benzene rings is 2. The van der Waals surface area contributed by atoms with Crippen LogP contribution in [0.5, 0.6) is 0 Å². The average molecular weight is 306 g/mol. The molecule has 106 valence electrons. The molecule has 0 bridgehead atoms. The number of allylic oxidation sites excluding steroid dienone is 1. The first-order chi connectivity index (χ1) is 10.7. The molecule has 2 heterocycles. The van der Waals surface area contributed by atoms with Crippen molar-refractivity contribution in [2.75, 3.05) is 0 Å². The topological polar surface area (TPSA) is 47.3 Å². The molecule has 1 aromatic heterocycles. The average Bonchev–Trinajstić information content (AvgIpc) is 2.85. The molecule has 3 nitrogen and oxygen atoms in total. The molecule has 0 amide bonds. The quantitative estimate of drug-likeness (QED) is 0.501. The number of thioether (sulfide) groups is 1. The van der Waals surface area contributed by atoms with E-state index in [-0.39, 0.29) is 5.78 Å². The molecule has 0 aliphatic carbocycles. The van der Waals surface area contributed by atoms with Crippen LogP contribution in [0.25, 0.3) is 17.0 Å². The van der Waals surface area contributed by atoms with Crippen molar-refractivity contribution in [3.8, 4) is 0 Å². The lowest BCUT2D eigenvalue weighted by atomic mass is 10.1.